The van der Waals surface area contributed by atoms with E-state index in [2.05, 4.69) is 4.99 Å². The van der Waals surface area contributed by atoms with Crippen LogP contribution in [0.1, 0.15) is 40.3 Å². The summed E-state index contributed by atoms with van der Waals surface area (Å²) in [6, 6.07) is 17.2. The molecule has 1 aromatic heterocycles. The molecular formula is C27H24N2O6S. The molecule has 0 atom stereocenters. The summed E-state index contributed by atoms with van der Waals surface area (Å²) in [6.07, 6.45) is 1.47. The van der Waals surface area contributed by atoms with Gasteiger partial charge in [0.25, 0.3) is 5.91 Å². The van der Waals surface area contributed by atoms with Crippen LogP contribution < -0.4 is 0 Å². The Morgan fingerprint density at radius 1 is 1.03 bits per heavy atom. The quantitative estimate of drug-likeness (QED) is 0.321. The number of ether oxygens (including phenoxy) is 2. The number of benzene rings is 2. The van der Waals surface area contributed by atoms with Gasteiger partial charge in [0, 0.05) is 18.7 Å². The Kier molecular flexibility index (Phi) is 7.40. The molecular weight excluding hydrogens is 480 g/mol. The Hall–Kier alpha value is -4.11. The molecule has 0 saturated carbocycles. The predicted octanol–water partition coefficient (Wildman–Crippen LogP) is 5.53. The lowest BCUT2D eigenvalue weighted by molar-refractivity contribution is -0.121. The fourth-order valence-corrected chi connectivity index (χ4v) is 4.32. The number of furan rings is 1. The topological polar surface area (TPSA) is 98.4 Å². The van der Waals surface area contributed by atoms with Gasteiger partial charge in [-0.25, -0.2) is 14.6 Å². The molecule has 0 aliphatic carbocycles. The summed E-state index contributed by atoms with van der Waals surface area (Å²) in [5, 5.41) is 0.476. The van der Waals surface area contributed by atoms with E-state index in [1.165, 1.54) is 23.8 Å². The SMILES string of the molecule is COC(=O)c1cccc(N=C2SC(=Cc3ccc(-c4ccc(C(=O)OC(C)C)cc4)o3)C(=O)N2C)c1. The minimum atomic E-state index is -0.458. The molecule has 3 aromatic rings. The summed E-state index contributed by atoms with van der Waals surface area (Å²) in [5.74, 6) is 0.0555. The molecule has 1 fully saturated rings. The maximum atomic E-state index is 12.8. The van der Waals surface area contributed by atoms with Gasteiger partial charge in [-0.2, -0.15) is 0 Å². The van der Waals surface area contributed by atoms with Crippen molar-refractivity contribution in [3.05, 3.63) is 82.5 Å². The highest BCUT2D eigenvalue weighted by atomic mass is 32.2. The number of hydrogen-bond donors (Lipinski definition) is 0. The van der Waals surface area contributed by atoms with Crippen LogP contribution in [-0.2, 0) is 14.3 Å². The second-order valence-corrected chi connectivity index (χ2v) is 9.15. The number of nitrogens with zero attached hydrogens (tertiary/aromatic N) is 2. The maximum Gasteiger partial charge on any atom is 0.338 e. The first kappa shape index (κ1) is 25.0. The molecule has 0 radical (unpaired) electrons. The standard InChI is InChI=1S/C27H24N2O6S/c1-16(2)34-26(32)18-10-8-17(9-11-18)22-13-12-21(35-22)15-23-24(30)29(3)27(36-23)28-20-7-5-6-19(14-20)25(31)33-4/h5-16H,1-4H3. The number of amidine groups is 1. The van der Waals surface area contributed by atoms with Crippen LogP contribution in [0.25, 0.3) is 17.4 Å². The summed E-state index contributed by atoms with van der Waals surface area (Å²) in [7, 11) is 2.95. The molecule has 9 heteroatoms. The molecule has 0 N–H and O–H groups in total. The first-order valence-corrected chi connectivity index (χ1v) is 11.9. The number of rotatable bonds is 6. The van der Waals surface area contributed by atoms with Gasteiger partial charge in [-0.1, -0.05) is 18.2 Å². The molecule has 184 valence electrons. The van der Waals surface area contributed by atoms with Gasteiger partial charge in [0.2, 0.25) is 0 Å². The molecule has 1 amide bonds. The van der Waals surface area contributed by atoms with E-state index >= 15 is 0 Å². The van der Waals surface area contributed by atoms with Gasteiger partial charge >= 0.3 is 11.9 Å². The van der Waals surface area contributed by atoms with Crippen LogP contribution in [0.2, 0.25) is 0 Å². The number of esters is 2. The van der Waals surface area contributed by atoms with Gasteiger partial charge in [-0.15, -0.1) is 0 Å². The zero-order valence-corrected chi connectivity index (χ0v) is 21.0. The number of amides is 1. The summed E-state index contributed by atoms with van der Waals surface area (Å²) >= 11 is 1.21. The molecule has 0 bridgehead atoms. The second kappa shape index (κ2) is 10.7. The van der Waals surface area contributed by atoms with Crippen molar-refractivity contribution in [1.29, 1.82) is 0 Å². The normalized spacial score (nSPS) is 15.7. The average molecular weight is 505 g/mol. The van der Waals surface area contributed by atoms with Crippen molar-refractivity contribution in [3.8, 4) is 11.3 Å². The first-order valence-electron chi connectivity index (χ1n) is 11.1. The van der Waals surface area contributed by atoms with Crippen molar-refractivity contribution < 1.29 is 28.3 Å². The number of thioether (sulfide) groups is 1. The molecule has 2 aromatic carbocycles. The smallest absolute Gasteiger partial charge is 0.338 e. The summed E-state index contributed by atoms with van der Waals surface area (Å²) in [4.78, 5) is 43.0. The Balaban J connectivity index is 1.51. The van der Waals surface area contributed by atoms with Crippen molar-refractivity contribution in [2.45, 2.75) is 20.0 Å². The lowest BCUT2D eigenvalue weighted by Gasteiger charge is -2.07. The Morgan fingerprint density at radius 2 is 1.78 bits per heavy atom. The summed E-state index contributed by atoms with van der Waals surface area (Å²) in [5.41, 5.74) is 2.15. The number of likely N-dealkylation sites (N-methyl/N-ethyl adjacent to an activating group) is 1. The second-order valence-electron chi connectivity index (χ2n) is 8.14. The molecule has 1 saturated heterocycles. The molecule has 0 unspecified atom stereocenters. The maximum absolute atomic E-state index is 12.8. The minimum absolute atomic E-state index is 0.191. The number of hydrogen-bond acceptors (Lipinski definition) is 8. The van der Waals surface area contributed by atoms with Crippen LogP contribution in [0.5, 0.6) is 0 Å². The van der Waals surface area contributed by atoms with Gasteiger partial charge in [0.15, 0.2) is 5.17 Å². The Labute approximate surface area is 212 Å². The highest BCUT2D eigenvalue weighted by molar-refractivity contribution is 8.18. The minimum Gasteiger partial charge on any atom is -0.465 e. The van der Waals surface area contributed by atoms with E-state index in [4.69, 9.17) is 13.9 Å². The lowest BCUT2D eigenvalue weighted by Crippen LogP contribution is -2.23. The molecule has 0 spiro atoms. The molecule has 1 aliphatic rings. The van der Waals surface area contributed by atoms with Crippen LogP contribution in [-0.4, -0.2) is 48.2 Å². The first-order chi connectivity index (χ1) is 17.2. The van der Waals surface area contributed by atoms with Crippen molar-refractivity contribution in [2.75, 3.05) is 14.2 Å². The number of carbonyl (C=O) groups excluding carboxylic acids is 3. The van der Waals surface area contributed by atoms with Gasteiger partial charge in [-0.05, 0) is 68.1 Å². The van der Waals surface area contributed by atoms with E-state index in [-0.39, 0.29) is 18.0 Å². The van der Waals surface area contributed by atoms with Crippen LogP contribution >= 0.6 is 11.8 Å². The zero-order valence-electron chi connectivity index (χ0n) is 20.2. The summed E-state index contributed by atoms with van der Waals surface area (Å²) in [6.45, 7) is 3.60. The zero-order chi connectivity index (χ0) is 25.8. The van der Waals surface area contributed by atoms with E-state index in [0.29, 0.717) is 38.4 Å². The third kappa shape index (κ3) is 5.58. The van der Waals surface area contributed by atoms with Gasteiger partial charge in [0.05, 0.1) is 34.9 Å². The highest BCUT2D eigenvalue weighted by Crippen LogP contribution is 2.34. The molecule has 4 rings (SSSR count). The van der Waals surface area contributed by atoms with Crippen molar-refractivity contribution in [1.82, 2.24) is 4.90 Å². The van der Waals surface area contributed by atoms with E-state index < -0.39 is 5.97 Å². The third-order valence-corrected chi connectivity index (χ3v) is 6.20. The number of methoxy groups -OCH3 is 1. The fourth-order valence-electron chi connectivity index (χ4n) is 3.35. The molecule has 36 heavy (non-hydrogen) atoms. The van der Waals surface area contributed by atoms with Gasteiger partial charge < -0.3 is 13.9 Å². The van der Waals surface area contributed by atoms with E-state index in [0.717, 1.165) is 5.56 Å². The van der Waals surface area contributed by atoms with E-state index in [1.807, 2.05) is 0 Å². The third-order valence-electron chi connectivity index (χ3n) is 5.14. The van der Waals surface area contributed by atoms with Gasteiger partial charge in [-0.3, -0.25) is 9.69 Å². The van der Waals surface area contributed by atoms with Crippen molar-refractivity contribution in [3.63, 3.8) is 0 Å². The Bertz CT molecular complexity index is 1370. The predicted molar refractivity (Wildman–Crippen MR) is 138 cm³/mol. The van der Waals surface area contributed by atoms with Gasteiger partial charge in [0.1, 0.15) is 11.5 Å². The number of aliphatic imine (C=N–C) groups is 1. The van der Waals surface area contributed by atoms with Crippen LogP contribution in [0.3, 0.4) is 0 Å². The highest BCUT2D eigenvalue weighted by Gasteiger charge is 2.30. The van der Waals surface area contributed by atoms with Crippen LogP contribution in [0.15, 0.2) is 75.0 Å². The van der Waals surface area contributed by atoms with E-state index in [9.17, 15) is 14.4 Å². The fraction of sp³-hybridized carbons (Fsp3) is 0.185. The van der Waals surface area contributed by atoms with Crippen molar-refractivity contribution >= 4 is 46.5 Å². The monoisotopic (exact) mass is 504 g/mol. The molecule has 2 heterocycles. The van der Waals surface area contributed by atoms with Crippen LogP contribution in [0.4, 0.5) is 5.69 Å². The largest absolute Gasteiger partial charge is 0.465 e. The average Bonchev–Trinajstić information content (AvgIpc) is 3.44. The van der Waals surface area contributed by atoms with E-state index in [1.54, 1.807) is 87.6 Å². The van der Waals surface area contributed by atoms with Crippen molar-refractivity contribution in [2.24, 2.45) is 4.99 Å². The molecule has 8 nitrogen and oxygen atoms in total. The Morgan fingerprint density at radius 3 is 2.47 bits per heavy atom. The summed E-state index contributed by atoms with van der Waals surface area (Å²) < 4.78 is 15.9. The van der Waals surface area contributed by atoms with Crippen LogP contribution in [0, 0.1) is 0 Å². The number of carbonyl (C=O) groups is 3. The lowest BCUT2D eigenvalue weighted by atomic mass is 10.1. The molecule has 1 aliphatic heterocycles.